The van der Waals surface area contributed by atoms with Crippen molar-refractivity contribution in [3.05, 3.63) is 35.9 Å². The van der Waals surface area contributed by atoms with Crippen molar-refractivity contribution >= 4 is 5.91 Å². The SMILES string of the molecule is CN(C)C(=O)[C@H]([NH3+])CCc1ccccc1. The molecule has 0 saturated carbocycles. The lowest BCUT2D eigenvalue weighted by Gasteiger charge is -2.13. The molecule has 0 aliphatic carbocycles. The average Bonchev–Trinajstić information content (AvgIpc) is 2.26. The van der Waals surface area contributed by atoms with E-state index in [0.717, 1.165) is 12.8 Å². The third kappa shape index (κ3) is 3.72. The van der Waals surface area contributed by atoms with Gasteiger partial charge < -0.3 is 10.6 Å². The summed E-state index contributed by atoms with van der Waals surface area (Å²) in [5.74, 6) is 0.103. The molecule has 0 spiro atoms. The molecule has 3 N–H and O–H groups in total. The van der Waals surface area contributed by atoms with Gasteiger partial charge in [0.25, 0.3) is 5.91 Å². The quantitative estimate of drug-likeness (QED) is 0.759. The lowest BCUT2D eigenvalue weighted by atomic mass is 10.1. The van der Waals surface area contributed by atoms with Gasteiger partial charge in [-0.05, 0) is 12.0 Å². The van der Waals surface area contributed by atoms with Crippen LogP contribution in [0.3, 0.4) is 0 Å². The first kappa shape index (κ1) is 11.7. The number of carbonyl (C=O) groups excluding carboxylic acids is 1. The third-order valence-corrected chi connectivity index (χ3v) is 2.41. The molecule has 3 heteroatoms. The Balaban J connectivity index is 2.41. The highest BCUT2D eigenvalue weighted by Crippen LogP contribution is 2.04. The molecule has 0 aliphatic heterocycles. The minimum Gasteiger partial charge on any atom is -0.347 e. The summed E-state index contributed by atoms with van der Waals surface area (Å²) < 4.78 is 0. The molecule has 1 amide bonds. The second-order valence-electron chi connectivity index (χ2n) is 3.95. The van der Waals surface area contributed by atoms with Gasteiger partial charge in [-0.3, -0.25) is 4.79 Å². The molecule has 0 aliphatic rings. The van der Waals surface area contributed by atoms with E-state index in [4.69, 9.17) is 0 Å². The van der Waals surface area contributed by atoms with E-state index in [-0.39, 0.29) is 11.9 Å². The Labute approximate surface area is 90.9 Å². The van der Waals surface area contributed by atoms with Crippen molar-refractivity contribution in [2.75, 3.05) is 14.1 Å². The highest BCUT2D eigenvalue weighted by molar-refractivity contribution is 5.79. The summed E-state index contributed by atoms with van der Waals surface area (Å²) in [5.41, 5.74) is 5.14. The maximum absolute atomic E-state index is 11.5. The van der Waals surface area contributed by atoms with Crippen LogP contribution in [0.25, 0.3) is 0 Å². The number of quaternary nitrogens is 1. The van der Waals surface area contributed by atoms with E-state index in [1.807, 2.05) is 18.2 Å². The van der Waals surface area contributed by atoms with Crippen molar-refractivity contribution in [2.45, 2.75) is 18.9 Å². The first-order valence-corrected chi connectivity index (χ1v) is 5.19. The Morgan fingerprint density at radius 2 is 1.93 bits per heavy atom. The Kier molecular flexibility index (Phi) is 4.31. The topological polar surface area (TPSA) is 48.0 Å². The normalized spacial score (nSPS) is 12.2. The van der Waals surface area contributed by atoms with Gasteiger partial charge in [-0.2, -0.15) is 0 Å². The van der Waals surface area contributed by atoms with E-state index in [1.54, 1.807) is 19.0 Å². The first-order chi connectivity index (χ1) is 7.11. The van der Waals surface area contributed by atoms with Crippen molar-refractivity contribution in [1.82, 2.24) is 4.90 Å². The largest absolute Gasteiger partial charge is 0.347 e. The molecule has 1 aromatic rings. The van der Waals surface area contributed by atoms with Crippen LogP contribution in [0.4, 0.5) is 0 Å². The van der Waals surface area contributed by atoms with Crippen molar-refractivity contribution in [3.8, 4) is 0 Å². The van der Waals surface area contributed by atoms with Gasteiger partial charge in [-0.25, -0.2) is 0 Å². The first-order valence-electron chi connectivity index (χ1n) is 5.19. The fraction of sp³-hybridized carbons (Fsp3) is 0.417. The number of hydrogen-bond donors (Lipinski definition) is 1. The van der Waals surface area contributed by atoms with Crippen LogP contribution in [0.1, 0.15) is 12.0 Å². The molecule has 15 heavy (non-hydrogen) atoms. The Bertz CT molecular complexity index is 309. The second-order valence-corrected chi connectivity index (χ2v) is 3.95. The van der Waals surface area contributed by atoms with Crippen LogP contribution in [-0.2, 0) is 11.2 Å². The lowest BCUT2D eigenvalue weighted by molar-refractivity contribution is -0.406. The molecule has 3 nitrogen and oxygen atoms in total. The van der Waals surface area contributed by atoms with Crippen LogP contribution in [0.5, 0.6) is 0 Å². The Morgan fingerprint density at radius 1 is 1.33 bits per heavy atom. The van der Waals surface area contributed by atoms with Crippen molar-refractivity contribution in [3.63, 3.8) is 0 Å². The minimum absolute atomic E-state index is 0.103. The molecule has 0 radical (unpaired) electrons. The van der Waals surface area contributed by atoms with Gasteiger partial charge in [0, 0.05) is 20.5 Å². The summed E-state index contributed by atoms with van der Waals surface area (Å²) >= 11 is 0. The zero-order valence-corrected chi connectivity index (χ0v) is 9.44. The maximum Gasteiger partial charge on any atom is 0.280 e. The fourth-order valence-electron chi connectivity index (χ4n) is 1.47. The summed E-state index contributed by atoms with van der Waals surface area (Å²) in [6.07, 6.45) is 1.72. The molecule has 1 aromatic carbocycles. The highest BCUT2D eigenvalue weighted by Gasteiger charge is 2.18. The number of rotatable bonds is 4. The molecule has 0 unspecified atom stereocenters. The van der Waals surface area contributed by atoms with Crippen LogP contribution in [-0.4, -0.2) is 30.9 Å². The molecule has 0 bridgehead atoms. The lowest BCUT2D eigenvalue weighted by Crippen LogP contribution is -2.67. The zero-order valence-electron chi connectivity index (χ0n) is 9.44. The molecule has 0 aromatic heterocycles. The van der Waals surface area contributed by atoms with E-state index in [2.05, 4.69) is 17.9 Å². The smallest absolute Gasteiger partial charge is 0.280 e. The van der Waals surface area contributed by atoms with Crippen molar-refractivity contribution < 1.29 is 10.5 Å². The van der Waals surface area contributed by atoms with E-state index >= 15 is 0 Å². The van der Waals surface area contributed by atoms with Crippen LogP contribution in [0, 0.1) is 0 Å². The number of carbonyl (C=O) groups is 1. The van der Waals surface area contributed by atoms with E-state index < -0.39 is 0 Å². The van der Waals surface area contributed by atoms with Gasteiger partial charge >= 0.3 is 0 Å². The predicted molar refractivity (Wildman–Crippen MR) is 60.1 cm³/mol. The number of likely N-dealkylation sites (N-methyl/N-ethyl adjacent to an activating group) is 1. The van der Waals surface area contributed by atoms with Crippen LogP contribution in [0.15, 0.2) is 30.3 Å². The molecule has 82 valence electrons. The molecule has 0 fully saturated rings. The molecule has 0 saturated heterocycles. The zero-order chi connectivity index (χ0) is 11.3. The summed E-state index contributed by atoms with van der Waals surface area (Å²) in [4.78, 5) is 13.1. The van der Waals surface area contributed by atoms with Crippen LogP contribution < -0.4 is 5.73 Å². The van der Waals surface area contributed by atoms with Crippen molar-refractivity contribution in [2.24, 2.45) is 0 Å². The van der Waals surface area contributed by atoms with Gasteiger partial charge in [0.2, 0.25) is 0 Å². The predicted octanol–water partition coefficient (Wildman–Crippen LogP) is 0.318. The van der Waals surface area contributed by atoms with E-state index in [1.165, 1.54) is 5.56 Å². The molecular formula is C12H19N2O+. The van der Waals surface area contributed by atoms with Gasteiger partial charge in [0.1, 0.15) is 0 Å². The highest BCUT2D eigenvalue weighted by atomic mass is 16.2. The minimum atomic E-state index is -0.139. The average molecular weight is 207 g/mol. The number of hydrogen-bond acceptors (Lipinski definition) is 1. The van der Waals surface area contributed by atoms with Gasteiger partial charge in [-0.15, -0.1) is 0 Å². The van der Waals surface area contributed by atoms with E-state index in [9.17, 15) is 4.79 Å². The molecule has 0 heterocycles. The third-order valence-electron chi connectivity index (χ3n) is 2.41. The number of amides is 1. The standard InChI is InChI=1S/C12H18N2O/c1-14(2)12(15)11(13)9-8-10-6-4-3-5-7-10/h3-7,11H,8-9,13H2,1-2H3/p+1/t11-/m1/s1. The fourth-order valence-corrected chi connectivity index (χ4v) is 1.47. The molecular weight excluding hydrogens is 188 g/mol. The van der Waals surface area contributed by atoms with Gasteiger partial charge in [-0.1, -0.05) is 30.3 Å². The second kappa shape index (κ2) is 5.51. The summed E-state index contributed by atoms with van der Waals surface area (Å²) in [6, 6.07) is 10.0. The monoisotopic (exact) mass is 207 g/mol. The summed E-state index contributed by atoms with van der Waals surface area (Å²) in [6.45, 7) is 0. The number of nitrogens with zero attached hydrogens (tertiary/aromatic N) is 1. The van der Waals surface area contributed by atoms with Crippen LogP contribution in [0.2, 0.25) is 0 Å². The Morgan fingerprint density at radius 3 is 2.47 bits per heavy atom. The van der Waals surface area contributed by atoms with Crippen molar-refractivity contribution in [1.29, 1.82) is 0 Å². The summed E-state index contributed by atoms with van der Waals surface area (Å²) in [5, 5.41) is 0. The molecule has 1 rings (SSSR count). The van der Waals surface area contributed by atoms with E-state index in [0.29, 0.717) is 0 Å². The number of aryl methyl sites for hydroxylation is 1. The van der Waals surface area contributed by atoms with Gasteiger partial charge in [0.05, 0.1) is 0 Å². The molecule has 1 atom stereocenters. The van der Waals surface area contributed by atoms with Crippen LogP contribution >= 0.6 is 0 Å². The summed E-state index contributed by atoms with van der Waals surface area (Å²) in [7, 11) is 3.53. The maximum atomic E-state index is 11.5. The Hall–Kier alpha value is -1.35. The van der Waals surface area contributed by atoms with Gasteiger partial charge in [0.15, 0.2) is 6.04 Å². The number of benzene rings is 1.